The first kappa shape index (κ1) is 12.2. The molecule has 0 saturated carbocycles. The van der Waals surface area contributed by atoms with Gasteiger partial charge in [0, 0.05) is 18.7 Å². The molecule has 1 aromatic heterocycles. The van der Waals surface area contributed by atoms with Crippen LogP contribution in [0.25, 0.3) is 11.3 Å². The molecule has 20 heavy (non-hydrogen) atoms. The number of rotatable bonds is 1. The smallest absolute Gasteiger partial charge is 0.267 e. The highest BCUT2D eigenvalue weighted by molar-refractivity contribution is 5.72. The van der Waals surface area contributed by atoms with E-state index >= 15 is 0 Å². The molecule has 1 aliphatic heterocycles. The molecule has 0 saturated heterocycles. The van der Waals surface area contributed by atoms with Crippen LogP contribution in [0.15, 0.2) is 23.0 Å². The van der Waals surface area contributed by atoms with Gasteiger partial charge in [-0.3, -0.25) is 4.79 Å². The Bertz CT molecular complexity index is 803. The van der Waals surface area contributed by atoms with Crippen LogP contribution in [0.5, 0.6) is 11.5 Å². The van der Waals surface area contributed by atoms with Crippen molar-refractivity contribution >= 4 is 0 Å². The fourth-order valence-corrected chi connectivity index (χ4v) is 2.12. The highest BCUT2D eigenvalue weighted by atomic mass is 16.7. The lowest BCUT2D eigenvalue weighted by Gasteiger charge is -2.09. The van der Waals surface area contributed by atoms with Crippen LogP contribution in [0.1, 0.15) is 11.1 Å². The highest BCUT2D eigenvalue weighted by Gasteiger charge is 2.19. The van der Waals surface area contributed by atoms with Crippen molar-refractivity contribution in [3.8, 4) is 28.8 Å². The van der Waals surface area contributed by atoms with Crippen LogP contribution in [0, 0.1) is 18.3 Å². The lowest BCUT2D eigenvalue weighted by Crippen LogP contribution is -2.20. The zero-order valence-electron chi connectivity index (χ0n) is 11.0. The Balaban J connectivity index is 2.27. The molecule has 0 N–H and O–H groups in total. The van der Waals surface area contributed by atoms with Gasteiger partial charge in [-0.15, -0.1) is 0 Å². The molecular formula is C14H11N3O3. The molecule has 100 valence electrons. The Labute approximate surface area is 114 Å². The molecular weight excluding hydrogens is 258 g/mol. The molecule has 6 heteroatoms. The monoisotopic (exact) mass is 269 g/mol. The maximum Gasteiger partial charge on any atom is 0.267 e. The van der Waals surface area contributed by atoms with E-state index in [0.29, 0.717) is 17.2 Å². The molecule has 0 amide bonds. The van der Waals surface area contributed by atoms with E-state index in [2.05, 4.69) is 5.10 Å². The van der Waals surface area contributed by atoms with Crippen LogP contribution < -0.4 is 15.0 Å². The van der Waals surface area contributed by atoms with Crippen molar-refractivity contribution in [2.75, 3.05) is 6.79 Å². The summed E-state index contributed by atoms with van der Waals surface area (Å²) in [6, 6.07) is 6.92. The zero-order chi connectivity index (χ0) is 14.3. The summed E-state index contributed by atoms with van der Waals surface area (Å²) in [7, 11) is 1.55. The van der Waals surface area contributed by atoms with Gasteiger partial charge < -0.3 is 9.47 Å². The van der Waals surface area contributed by atoms with Gasteiger partial charge in [0.25, 0.3) is 5.56 Å². The van der Waals surface area contributed by atoms with E-state index in [1.54, 1.807) is 13.1 Å². The average molecular weight is 269 g/mol. The first-order valence-corrected chi connectivity index (χ1v) is 5.99. The van der Waals surface area contributed by atoms with E-state index in [9.17, 15) is 10.1 Å². The highest BCUT2D eigenvalue weighted by Crippen LogP contribution is 2.38. The van der Waals surface area contributed by atoms with Gasteiger partial charge in [-0.1, -0.05) is 0 Å². The first-order chi connectivity index (χ1) is 9.60. The topological polar surface area (TPSA) is 77.1 Å². The van der Waals surface area contributed by atoms with Crippen LogP contribution in [-0.2, 0) is 7.05 Å². The minimum absolute atomic E-state index is 0.185. The number of aromatic nitrogens is 2. The van der Waals surface area contributed by atoms with E-state index in [0.717, 1.165) is 11.1 Å². The number of hydrogen-bond donors (Lipinski definition) is 0. The lowest BCUT2D eigenvalue weighted by atomic mass is 10.0. The third-order valence-electron chi connectivity index (χ3n) is 3.19. The number of fused-ring (bicyclic) bond motifs is 1. The van der Waals surface area contributed by atoms with E-state index in [1.807, 2.05) is 19.1 Å². The summed E-state index contributed by atoms with van der Waals surface area (Å²) in [5.41, 5.74) is 2.04. The van der Waals surface area contributed by atoms with E-state index in [4.69, 9.17) is 9.47 Å². The van der Waals surface area contributed by atoms with Gasteiger partial charge in [0.15, 0.2) is 11.5 Å². The van der Waals surface area contributed by atoms with E-state index in [1.165, 1.54) is 10.7 Å². The molecule has 1 aliphatic rings. The van der Waals surface area contributed by atoms with Gasteiger partial charge in [-0.2, -0.15) is 10.4 Å². The second-order valence-corrected chi connectivity index (χ2v) is 4.50. The van der Waals surface area contributed by atoms with Crippen LogP contribution in [0.3, 0.4) is 0 Å². The van der Waals surface area contributed by atoms with Crippen LogP contribution in [0.4, 0.5) is 0 Å². The molecule has 2 aromatic rings. The number of nitriles is 1. The maximum atomic E-state index is 11.6. The van der Waals surface area contributed by atoms with Gasteiger partial charge in [-0.05, 0) is 24.6 Å². The Morgan fingerprint density at radius 3 is 2.70 bits per heavy atom. The van der Waals surface area contributed by atoms with Crippen molar-refractivity contribution in [3.05, 3.63) is 39.7 Å². The normalized spacial score (nSPS) is 12.2. The number of ether oxygens (including phenoxy) is 2. The summed E-state index contributed by atoms with van der Waals surface area (Å²) in [4.78, 5) is 11.6. The van der Waals surface area contributed by atoms with Crippen molar-refractivity contribution in [1.29, 1.82) is 5.26 Å². The summed E-state index contributed by atoms with van der Waals surface area (Å²) in [5.74, 6) is 1.29. The quantitative estimate of drug-likeness (QED) is 0.781. The van der Waals surface area contributed by atoms with Gasteiger partial charge in [0.1, 0.15) is 11.8 Å². The SMILES string of the molecule is Cc1cc2c(cc1-c1nn(C)c(=O)cc1C#N)OCO2. The number of benzene rings is 1. The Morgan fingerprint density at radius 2 is 2.00 bits per heavy atom. The standard InChI is InChI=1S/C14H11N3O3/c1-8-3-11-12(20-7-19-11)5-10(8)14-9(6-15)4-13(18)17(2)16-14/h3-5H,7H2,1-2H3. The van der Waals surface area contributed by atoms with E-state index < -0.39 is 0 Å². The van der Waals surface area contributed by atoms with Crippen molar-refractivity contribution < 1.29 is 9.47 Å². The molecule has 0 aliphatic carbocycles. The average Bonchev–Trinajstić information content (AvgIpc) is 2.87. The summed E-state index contributed by atoms with van der Waals surface area (Å²) < 4.78 is 11.9. The van der Waals surface area contributed by atoms with Gasteiger partial charge >= 0.3 is 0 Å². The van der Waals surface area contributed by atoms with Crippen LogP contribution in [0.2, 0.25) is 0 Å². The summed E-state index contributed by atoms with van der Waals surface area (Å²) in [6.45, 7) is 2.08. The summed E-state index contributed by atoms with van der Waals surface area (Å²) >= 11 is 0. The fourth-order valence-electron chi connectivity index (χ4n) is 2.12. The summed E-state index contributed by atoms with van der Waals surface area (Å²) in [5, 5.41) is 13.4. The van der Waals surface area contributed by atoms with Crippen molar-refractivity contribution in [2.45, 2.75) is 6.92 Å². The first-order valence-electron chi connectivity index (χ1n) is 5.99. The second-order valence-electron chi connectivity index (χ2n) is 4.50. The predicted molar refractivity (Wildman–Crippen MR) is 70.5 cm³/mol. The van der Waals surface area contributed by atoms with Gasteiger partial charge in [0.05, 0.1) is 5.56 Å². The largest absolute Gasteiger partial charge is 0.454 e. The third-order valence-corrected chi connectivity index (χ3v) is 3.19. The van der Waals surface area contributed by atoms with Gasteiger partial charge in [0.2, 0.25) is 6.79 Å². The maximum absolute atomic E-state index is 11.6. The molecule has 0 spiro atoms. The molecule has 1 aromatic carbocycles. The molecule has 0 radical (unpaired) electrons. The van der Waals surface area contributed by atoms with Crippen molar-refractivity contribution in [3.63, 3.8) is 0 Å². The molecule has 0 atom stereocenters. The predicted octanol–water partition coefficient (Wildman–Crippen LogP) is 1.36. The summed E-state index contributed by atoms with van der Waals surface area (Å²) in [6.07, 6.45) is 0. The molecule has 6 nitrogen and oxygen atoms in total. The Hall–Kier alpha value is -2.81. The third kappa shape index (κ3) is 1.80. The van der Waals surface area contributed by atoms with Crippen molar-refractivity contribution in [1.82, 2.24) is 9.78 Å². The Morgan fingerprint density at radius 1 is 1.30 bits per heavy atom. The Kier molecular flexibility index (Phi) is 2.68. The fraction of sp³-hybridized carbons (Fsp3) is 0.214. The molecule has 0 unspecified atom stereocenters. The van der Waals surface area contributed by atoms with E-state index in [-0.39, 0.29) is 17.9 Å². The van der Waals surface area contributed by atoms with Crippen molar-refractivity contribution in [2.24, 2.45) is 7.05 Å². The van der Waals surface area contributed by atoms with Gasteiger partial charge in [-0.25, -0.2) is 4.68 Å². The molecule has 2 heterocycles. The van der Waals surface area contributed by atoms with Crippen LogP contribution >= 0.6 is 0 Å². The number of hydrogen-bond acceptors (Lipinski definition) is 5. The zero-order valence-corrected chi connectivity index (χ0v) is 11.0. The lowest BCUT2D eigenvalue weighted by molar-refractivity contribution is 0.174. The van der Waals surface area contributed by atoms with Crippen LogP contribution in [-0.4, -0.2) is 16.6 Å². The molecule has 0 bridgehead atoms. The number of nitrogens with zero attached hydrogens (tertiary/aromatic N) is 3. The second kappa shape index (κ2) is 4.38. The minimum Gasteiger partial charge on any atom is -0.454 e. The number of aryl methyl sites for hydroxylation is 2. The minimum atomic E-state index is -0.316. The molecule has 3 rings (SSSR count). The molecule has 0 fully saturated rings.